The largest absolute Gasteiger partial charge is 0.381 e. The number of nitrogens with zero attached hydrogens (tertiary/aromatic N) is 3. The molecule has 2 fully saturated rings. The minimum absolute atomic E-state index is 0.00906. The van der Waals surface area contributed by atoms with Gasteiger partial charge in [0.05, 0.1) is 11.1 Å². The first-order valence-corrected chi connectivity index (χ1v) is 9.16. The molecule has 26 heavy (non-hydrogen) atoms. The van der Waals surface area contributed by atoms with Gasteiger partial charge in [-0.3, -0.25) is 9.59 Å². The second-order valence-corrected chi connectivity index (χ2v) is 7.03. The van der Waals surface area contributed by atoms with E-state index in [9.17, 15) is 9.59 Å². The van der Waals surface area contributed by atoms with Crippen molar-refractivity contribution in [3.8, 4) is 0 Å². The smallest absolute Gasteiger partial charge is 0.273 e. The Morgan fingerprint density at radius 2 is 1.96 bits per heavy atom. The van der Waals surface area contributed by atoms with Crippen molar-refractivity contribution in [1.29, 1.82) is 0 Å². The number of carbonyl (C=O) groups excluding carboxylic acids is 2. The fourth-order valence-electron chi connectivity index (χ4n) is 4.19. The highest BCUT2D eigenvalue weighted by Gasteiger charge is 2.46. The van der Waals surface area contributed by atoms with Crippen molar-refractivity contribution < 1.29 is 14.3 Å². The van der Waals surface area contributed by atoms with Gasteiger partial charge < -0.3 is 14.5 Å². The van der Waals surface area contributed by atoms with Crippen LogP contribution in [-0.4, -0.2) is 65.0 Å². The van der Waals surface area contributed by atoms with E-state index in [0.29, 0.717) is 32.0 Å². The third-order valence-corrected chi connectivity index (χ3v) is 5.53. The molecule has 2 saturated heterocycles. The number of ether oxygens (including phenoxy) is 1. The predicted octanol–water partition coefficient (Wildman–Crippen LogP) is 2.09. The van der Waals surface area contributed by atoms with Crippen LogP contribution in [0.25, 0.3) is 10.9 Å². The summed E-state index contributed by atoms with van der Waals surface area (Å²) in [7, 11) is 0. The molecule has 6 heteroatoms. The molecule has 2 aromatic rings. The fraction of sp³-hybridized carbons (Fsp3) is 0.450. The normalized spacial score (nSPS) is 20.0. The van der Waals surface area contributed by atoms with Crippen LogP contribution in [-0.2, 0) is 9.53 Å². The van der Waals surface area contributed by atoms with E-state index in [1.807, 2.05) is 42.2 Å². The van der Waals surface area contributed by atoms with Crippen LogP contribution in [0.1, 0.15) is 30.3 Å². The van der Waals surface area contributed by atoms with Crippen molar-refractivity contribution in [3.63, 3.8) is 0 Å². The van der Waals surface area contributed by atoms with Crippen LogP contribution in [0.3, 0.4) is 0 Å². The first-order valence-electron chi connectivity index (χ1n) is 9.16. The third-order valence-electron chi connectivity index (χ3n) is 5.53. The summed E-state index contributed by atoms with van der Waals surface area (Å²) >= 11 is 0. The fourth-order valence-corrected chi connectivity index (χ4v) is 4.19. The second kappa shape index (κ2) is 6.68. The summed E-state index contributed by atoms with van der Waals surface area (Å²) < 4.78 is 5.50. The minimum atomic E-state index is -0.311. The van der Waals surface area contributed by atoms with Gasteiger partial charge >= 0.3 is 0 Å². The molecular weight excluding hydrogens is 330 g/mol. The second-order valence-electron chi connectivity index (χ2n) is 7.03. The van der Waals surface area contributed by atoms with Crippen LogP contribution in [0.5, 0.6) is 0 Å². The number of hydrogen-bond acceptors (Lipinski definition) is 4. The van der Waals surface area contributed by atoms with Crippen molar-refractivity contribution in [2.75, 3.05) is 32.8 Å². The first kappa shape index (κ1) is 17.0. The van der Waals surface area contributed by atoms with Gasteiger partial charge in [-0.05, 0) is 31.9 Å². The lowest BCUT2D eigenvalue weighted by Crippen LogP contribution is -2.67. The van der Waals surface area contributed by atoms with E-state index in [1.165, 1.54) is 0 Å². The number of likely N-dealkylation sites (N-methyl/N-ethyl adjacent to an activating group) is 1. The van der Waals surface area contributed by atoms with Gasteiger partial charge in [0.25, 0.3) is 5.91 Å². The Morgan fingerprint density at radius 3 is 2.73 bits per heavy atom. The molecule has 6 nitrogen and oxygen atoms in total. The van der Waals surface area contributed by atoms with Crippen molar-refractivity contribution in [2.45, 2.75) is 25.3 Å². The maximum Gasteiger partial charge on any atom is 0.273 e. The lowest BCUT2D eigenvalue weighted by molar-refractivity contribution is -0.150. The van der Waals surface area contributed by atoms with Gasteiger partial charge in [0, 0.05) is 31.7 Å². The molecule has 0 atom stereocenters. The molecule has 2 aliphatic heterocycles. The minimum Gasteiger partial charge on any atom is -0.381 e. The van der Waals surface area contributed by atoms with E-state index < -0.39 is 0 Å². The zero-order valence-electron chi connectivity index (χ0n) is 15.0. The van der Waals surface area contributed by atoms with Gasteiger partial charge in [0.1, 0.15) is 12.2 Å². The van der Waals surface area contributed by atoms with Gasteiger partial charge in [-0.2, -0.15) is 0 Å². The van der Waals surface area contributed by atoms with E-state index in [0.717, 1.165) is 23.7 Å². The molecule has 0 bridgehead atoms. The molecule has 2 amide bonds. The Balaban J connectivity index is 1.63. The number of para-hydroxylation sites is 1. The maximum absolute atomic E-state index is 13.1. The van der Waals surface area contributed by atoms with Gasteiger partial charge in [-0.15, -0.1) is 0 Å². The van der Waals surface area contributed by atoms with E-state index in [4.69, 9.17) is 4.74 Å². The number of rotatable bonds is 2. The molecule has 3 heterocycles. The molecule has 0 saturated carbocycles. The van der Waals surface area contributed by atoms with Crippen LogP contribution in [0.15, 0.2) is 36.4 Å². The lowest BCUT2D eigenvalue weighted by Gasteiger charge is -2.52. The number of pyridine rings is 1. The number of aromatic nitrogens is 1. The molecule has 1 aromatic heterocycles. The van der Waals surface area contributed by atoms with Gasteiger partial charge in [-0.25, -0.2) is 4.98 Å². The number of carbonyl (C=O) groups is 2. The number of hydrogen-bond donors (Lipinski definition) is 0. The lowest BCUT2D eigenvalue weighted by atomic mass is 9.85. The van der Waals surface area contributed by atoms with E-state index >= 15 is 0 Å². The van der Waals surface area contributed by atoms with Crippen molar-refractivity contribution in [1.82, 2.24) is 14.8 Å². The van der Waals surface area contributed by atoms with Crippen LogP contribution in [0.4, 0.5) is 0 Å². The van der Waals surface area contributed by atoms with E-state index in [2.05, 4.69) is 4.98 Å². The zero-order chi connectivity index (χ0) is 18.1. The van der Waals surface area contributed by atoms with Crippen LogP contribution < -0.4 is 0 Å². The topological polar surface area (TPSA) is 62.7 Å². The first-order chi connectivity index (χ1) is 12.6. The summed E-state index contributed by atoms with van der Waals surface area (Å²) in [4.78, 5) is 33.9. The van der Waals surface area contributed by atoms with Crippen LogP contribution in [0.2, 0.25) is 0 Å². The SMILES string of the molecule is CCN1C(=O)CN(C(=O)c2ccc3ccccc3n2)CC12CCOCC2. The van der Waals surface area contributed by atoms with Crippen molar-refractivity contribution >= 4 is 22.7 Å². The highest BCUT2D eigenvalue weighted by molar-refractivity contribution is 5.97. The summed E-state index contributed by atoms with van der Waals surface area (Å²) in [6.07, 6.45) is 1.53. The number of piperazine rings is 1. The zero-order valence-corrected chi connectivity index (χ0v) is 15.0. The molecule has 0 aliphatic carbocycles. The Kier molecular flexibility index (Phi) is 4.36. The molecule has 0 N–H and O–H groups in total. The standard InChI is InChI=1S/C20H23N3O3/c1-2-23-18(24)13-22(14-20(23)9-11-26-12-10-20)19(25)17-8-7-15-5-3-4-6-16(15)21-17/h3-8H,2,9-14H2,1H3. The average Bonchev–Trinajstić information content (AvgIpc) is 2.67. The summed E-state index contributed by atoms with van der Waals surface area (Å²) in [6, 6.07) is 11.4. The summed E-state index contributed by atoms with van der Waals surface area (Å²) in [6.45, 7) is 4.57. The molecule has 0 radical (unpaired) electrons. The van der Waals surface area contributed by atoms with Gasteiger partial charge in [-0.1, -0.05) is 24.3 Å². The van der Waals surface area contributed by atoms with Crippen LogP contribution in [0, 0.1) is 0 Å². The Morgan fingerprint density at radius 1 is 1.19 bits per heavy atom. The summed E-state index contributed by atoms with van der Waals surface area (Å²) in [5.41, 5.74) is 0.871. The molecule has 2 aliphatic rings. The molecule has 1 aromatic carbocycles. The molecule has 4 rings (SSSR count). The highest BCUT2D eigenvalue weighted by atomic mass is 16.5. The highest BCUT2D eigenvalue weighted by Crippen LogP contribution is 2.32. The molecular formula is C20H23N3O3. The number of fused-ring (bicyclic) bond motifs is 1. The quantitative estimate of drug-likeness (QED) is 0.829. The third kappa shape index (κ3) is 2.84. The Labute approximate surface area is 152 Å². The van der Waals surface area contributed by atoms with E-state index in [1.54, 1.807) is 11.0 Å². The average molecular weight is 353 g/mol. The maximum atomic E-state index is 13.1. The van der Waals surface area contributed by atoms with Crippen LogP contribution >= 0.6 is 0 Å². The Bertz CT molecular complexity index is 845. The number of amides is 2. The molecule has 0 unspecified atom stereocenters. The van der Waals surface area contributed by atoms with Crippen molar-refractivity contribution in [3.05, 3.63) is 42.1 Å². The monoisotopic (exact) mass is 353 g/mol. The summed E-state index contributed by atoms with van der Waals surface area (Å²) in [5.74, 6) is -0.166. The molecule has 136 valence electrons. The van der Waals surface area contributed by atoms with E-state index in [-0.39, 0.29) is 23.9 Å². The summed E-state index contributed by atoms with van der Waals surface area (Å²) in [5, 5.41) is 0.997. The van der Waals surface area contributed by atoms with Gasteiger partial charge in [0.2, 0.25) is 5.91 Å². The predicted molar refractivity (Wildman–Crippen MR) is 97.8 cm³/mol. The van der Waals surface area contributed by atoms with Gasteiger partial charge in [0.15, 0.2) is 0 Å². The van der Waals surface area contributed by atoms with Crippen molar-refractivity contribution in [2.24, 2.45) is 0 Å². The molecule has 1 spiro atoms. The number of benzene rings is 1. The Hall–Kier alpha value is -2.47.